The van der Waals surface area contributed by atoms with Gasteiger partial charge in [0.25, 0.3) is 0 Å². The third-order valence-electron chi connectivity index (χ3n) is 3.87. The Bertz CT molecular complexity index is 295. The van der Waals surface area contributed by atoms with Crippen LogP contribution in [0.25, 0.3) is 0 Å². The van der Waals surface area contributed by atoms with Crippen LogP contribution < -0.4 is 0 Å². The third kappa shape index (κ3) is 15.6. The van der Waals surface area contributed by atoms with E-state index < -0.39 is 0 Å². The van der Waals surface area contributed by atoms with E-state index >= 15 is 0 Å². The first kappa shape index (κ1) is 20.4. The van der Waals surface area contributed by atoms with Crippen LogP contribution in [-0.4, -0.2) is 13.2 Å². The smallest absolute Gasteiger partial charge is 0.0649 e. The molecular weight excluding hydrogens is 256 g/mol. The second-order valence-electron chi connectivity index (χ2n) is 7.16. The van der Waals surface area contributed by atoms with Crippen LogP contribution in [0.2, 0.25) is 0 Å². The first-order valence-electron chi connectivity index (χ1n) is 8.78. The molecule has 0 aromatic carbocycles. The SMILES string of the molecule is CC(C)=CCC/C(C)=C/COCCC(C)CCCC(C)C. The summed E-state index contributed by atoms with van der Waals surface area (Å²) in [6.45, 7) is 15.2. The Morgan fingerprint density at radius 1 is 0.952 bits per heavy atom. The van der Waals surface area contributed by atoms with Gasteiger partial charge in [-0.2, -0.15) is 0 Å². The van der Waals surface area contributed by atoms with E-state index in [4.69, 9.17) is 4.74 Å². The van der Waals surface area contributed by atoms with E-state index in [-0.39, 0.29) is 0 Å². The van der Waals surface area contributed by atoms with Crippen molar-refractivity contribution in [1.29, 1.82) is 0 Å². The third-order valence-corrected chi connectivity index (χ3v) is 3.87. The molecule has 0 aliphatic heterocycles. The van der Waals surface area contributed by atoms with E-state index in [1.165, 1.54) is 36.8 Å². The minimum atomic E-state index is 0.777. The normalized spacial score (nSPS) is 13.6. The summed E-state index contributed by atoms with van der Waals surface area (Å²) >= 11 is 0. The monoisotopic (exact) mass is 294 g/mol. The summed E-state index contributed by atoms with van der Waals surface area (Å²) < 4.78 is 5.74. The molecule has 0 heterocycles. The van der Waals surface area contributed by atoms with Crippen molar-refractivity contribution in [3.63, 3.8) is 0 Å². The van der Waals surface area contributed by atoms with Crippen LogP contribution in [0.5, 0.6) is 0 Å². The maximum absolute atomic E-state index is 5.74. The molecule has 1 nitrogen and oxygen atoms in total. The fourth-order valence-corrected chi connectivity index (χ4v) is 2.28. The van der Waals surface area contributed by atoms with Gasteiger partial charge in [0.05, 0.1) is 6.61 Å². The Hall–Kier alpha value is -0.560. The van der Waals surface area contributed by atoms with Gasteiger partial charge in [0.15, 0.2) is 0 Å². The molecule has 1 unspecified atom stereocenters. The summed E-state index contributed by atoms with van der Waals surface area (Å²) in [5, 5.41) is 0. The van der Waals surface area contributed by atoms with Gasteiger partial charge < -0.3 is 4.74 Å². The Kier molecular flexibility index (Phi) is 12.8. The fourth-order valence-electron chi connectivity index (χ4n) is 2.28. The molecule has 0 aliphatic rings. The highest BCUT2D eigenvalue weighted by molar-refractivity contribution is 5.02. The van der Waals surface area contributed by atoms with E-state index in [9.17, 15) is 0 Å². The summed E-state index contributed by atoms with van der Waals surface area (Å²) in [5.74, 6) is 1.64. The molecule has 0 bridgehead atoms. The lowest BCUT2D eigenvalue weighted by Gasteiger charge is -2.12. The van der Waals surface area contributed by atoms with Gasteiger partial charge in [-0.05, 0) is 51.9 Å². The number of ether oxygens (including phenoxy) is 1. The summed E-state index contributed by atoms with van der Waals surface area (Å²) in [4.78, 5) is 0. The van der Waals surface area contributed by atoms with Gasteiger partial charge in [-0.25, -0.2) is 0 Å². The Labute approximate surface area is 133 Å². The summed E-state index contributed by atoms with van der Waals surface area (Å²) in [6, 6.07) is 0. The molecule has 0 rings (SSSR count). The first-order chi connectivity index (χ1) is 9.91. The second kappa shape index (κ2) is 13.1. The molecule has 0 aliphatic carbocycles. The first-order valence-corrected chi connectivity index (χ1v) is 8.78. The van der Waals surface area contributed by atoms with Crippen molar-refractivity contribution in [3.8, 4) is 0 Å². The van der Waals surface area contributed by atoms with Crippen LogP contribution in [0.4, 0.5) is 0 Å². The fraction of sp³-hybridized carbons (Fsp3) is 0.800. The minimum absolute atomic E-state index is 0.777. The van der Waals surface area contributed by atoms with Crippen molar-refractivity contribution in [2.75, 3.05) is 13.2 Å². The summed E-state index contributed by atoms with van der Waals surface area (Å²) in [6.07, 6.45) is 12.1. The quantitative estimate of drug-likeness (QED) is 0.293. The molecule has 0 amide bonds. The lowest BCUT2D eigenvalue weighted by molar-refractivity contribution is 0.145. The van der Waals surface area contributed by atoms with Crippen LogP contribution in [0.1, 0.15) is 80.1 Å². The zero-order chi connectivity index (χ0) is 16.1. The number of rotatable bonds is 12. The van der Waals surface area contributed by atoms with Crippen LogP contribution in [-0.2, 0) is 4.74 Å². The molecule has 0 fully saturated rings. The van der Waals surface area contributed by atoms with Gasteiger partial charge in [0.2, 0.25) is 0 Å². The molecule has 1 heteroatoms. The predicted molar refractivity (Wildman–Crippen MR) is 95.7 cm³/mol. The molecule has 0 aromatic rings. The number of allylic oxidation sites excluding steroid dienone is 3. The van der Waals surface area contributed by atoms with Gasteiger partial charge in [-0.1, -0.05) is 63.3 Å². The van der Waals surface area contributed by atoms with Gasteiger partial charge in [0, 0.05) is 6.61 Å². The molecule has 0 aromatic heterocycles. The highest BCUT2D eigenvalue weighted by Gasteiger charge is 2.03. The standard InChI is InChI=1S/C20H38O/c1-17(2)9-7-11-19(5)13-15-21-16-14-20(6)12-8-10-18(3)4/h9,13,18,20H,7-8,10-12,14-16H2,1-6H3/b19-13+. The topological polar surface area (TPSA) is 9.23 Å². The van der Waals surface area contributed by atoms with Crippen molar-refractivity contribution >= 4 is 0 Å². The van der Waals surface area contributed by atoms with E-state index in [1.54, 1.807) is 0 Å². The van der Waals surface area contributed by atoms with Gasteiger partial charge in [-0.3, -0.25) is 0 Å². The number of hydrogen-bond donors (Lipinski definition) is 0. The molecule has 1 atom stereocenters. The van der Waals surface area contributed by atoms with E-state index in [0.29, 0.717) is 0 Å². The van der Waals surface area contributed by atoms with Gasteiger partial charge in [0.1, 0.15) is 0 Å². The maximum Gasteiger partial charge on any atom is 0.0649 e. The van der Waals surface area contributed by atoms with Crippen molar-refractivity contribution < 1.29 is 4.74 Å². The highest BCUT2D eigenvalue weighted by atomic mass is 16.5. The molecule has 124 valence electrons. The van der Waals surface area contributed by atoms with Crippen LogP contribution in [0.3, 0.4) is 0 Å². The van der Waals surface area contributed by atoms with Gasteiger partial charge >= 0.3 is 0 Å². The molecular formula is C20H38O. The molecule has 0 spiro atoms. The van der Waals surface area contributed by atoms with Crippen LogP contribution in [0.15, 0.2) is 23.3 Å². The lowest BCUT2D eigenvalue weighted by atomic mass is 9.98. The van der Waals surface area contributed by atoms with Crippen molar-refractivity contribution in [3.05, 3.63) is 23.3 Å². The van der Waals surface area contributed by atoms with Crippen molar-refractivity contribution in [1.82, 2.24) is 0 Å². The van der Waals surface area contributed by atoms with E-state index in [0.717, 1.165) is 37.9 Å². The zero-order valence-corrected chi connectivity index (χ0v) is 15.4. The summed E-state index contributed by atoms with van der Waals surface area (Å²) in [5.41, 5.74) is 2.85. The molecule has 0 saturated heterocycles. The molecule has 0 radical (unpaired) electrons. The Morgan fingerprint density at radius 3 is 2.29 bits per heavy atom. The number of hydrogen-bond acceptors (Lipinski definition) is 1. The van der Waals surface area contributed by atoms with Crippen molar-refractivity contribution in [2.24, 2.45) is 11.8 Å². The maximum atomic E-state index is 5.74. The molecule has 21 heavy (non-hydrogen) atoms. The lowest BCUT2D eigenvalue weighted by Crippen LogP contribution is -2.03. The molecule has 0 N–H and O–H groups in total. The predicted octanol–water partition coefficient (Wildman–Crippen LogP) is 6.55. The van der Waals surface area contributed by atoms with Crippen LogP contribution in [0, 0.1) is 11.8 Å². The van der Waals surface area contributed by atoms with E-state index in [2.05, 4.69) is 53.7 Å². The largest absolute Gasteiger partial charge is 0.377 e. The van der Waals surface area contributed by atoms with Gasteiger partial charge in [-0.15, -0.1) is 0 Å². The van der Waals surface area contributed by atoms with E-state index in [1.807, 2.05) is 0 Å². The second-order valence-corrected chi connectivity index (χ2v) is 7.16. The summed E-state index contributed by atoms with van der Waals surface area (Å²) in [7, 11) is 0. The van der Waals surface area contributed by atoms with Crippen molar-refractivity contribution in [2.45, 2.75) is 80.1 Å². The average molecular weight is 295 g/mol. The highest BCUT2D eigenvalue weighted by Crippen LogP contribution is 2.15. The Morgan fingerprint density at radius 2 is 1.67 bits per heavy atom. The Balaban J connectivity index is 3.54. The average Bonchev–Trinajstić information content (AvgIpc) is 2.37. The van der Waals surface area contributed by atoms with Crippen LogP contribution >= 0.6 is 0 Å². The minimum Gasteiger partial charge on any atom is -0.377 e. The zero-order valence-electron chi connectivity index (χ0n) is 15.4. The molecule has 0 saturated carbocycles.